The molecule has 110 valence electrons. The van der Waals surface area contributed by atoms with Crippen molar-refractivity contribution in [1.82, 2.24) is 4.90 Å². The van der Waals surface area contributed by atoms with Crippen LogP contribution < -0.4 is 0 Å². The third-order valence-electron chi connectivity index (χ3n) is 4.67. The predicted molar refractivity (Wildman–Crippen MR) is 73.7 cm³/mol. The quantitative estimate of drug-likeness (QED) is 0.791. The van der Waals surface area contributed by atoms with Crippen molar-refractivity contribution in [3.8, 4) is 0 Å². The van der Waals surface area contributed by atoms with Crippen molar-refractivity contribution in [1.29, 1.82) is 0 Å². The number of hydrogen-bond donors (Lipinski definition) is 1. The van der Waals surface area contributed by atoms with Gasteiger partial charge in [0.05, 0.1) is 19.3 Å². The van der Waals surface area contributed by atoms with E-state index in [9.17, 15) is 9.90 Å². The molecule has 0 unspecified atom stereocenters. The largest absolute Gasteiger partial charge is 0.465 e. The van der Waals surface area contributed by atoms with Gasteiger partial charge in [0.2, 0.25) is 0 Å². The number of esters is 1. The molecule has 1 saturated carbocycles. The zero-order valence-corrected chi connectivity index (χ0v) is 12.2. The van der Waals surface area contributed by atoms with Crippen LogP contribution in [0.3, 0.4) is 0 Å². The molecule has 19 heavy (non-hydrogen) atoms. The highest BCUT2D eigenvalue weighted by molar-refractivity contribution is 5.71. The molecule has 1 N–H and O–H groups in total. The van der Waals surface area contributed by atoms with Crippen LogP contribution in [0.25, 0.3) is 0 Å². The molecule has 0 spiro atoms. The zero-order valence-electron chi connectivity index (χ0n) is 12.2. The van der Waals surface area contributed by atoms with Crippen molar-refractivity contribution in [3.63, 3.8) is 0 Å². The van der Waals surface area contributed by atoms with Crippen LogP contribution in [0, 0.1) is 11.8 Å². The number of aliphatic hydroxyl groups excluding tert-OH is 1. The molecule has 2 fully saturated rings. The highest BCUT2D eigenvalue weighted by Crippen LogP contribution is 2.36. The predicted octanol–water partition coefficient (Wildman–Crippen LogP) is 1.81. The fraction of sp³-hybridized carbons (Fsp3) is 0.933. The molecule has 0 aromatic heterocycles. The van der Waals surface area contributed by atoms with Crippen molar-refractivity contribution in [2.45, 2.75) is 58.1 Å². The number of hydrogen-bond acceptors (Lipinski definition) is 4. The first kappa shape index (κ1) is 14.8. The lowest BCUT2D eigenvalue weighted by Crippen LogP contribution is -2.45. The molecule has 0 bridgehead atoms. The molecule has 0 radical (unpaired) electrons. The molecule has 1 saturated heterocycles. The van der Waals surface area contributed by atoms with Gasteiger partial charge in [-0.25, -0.2) is 0 Å². The van der Waals surface area contributed by atoms with Crippen LogP contribution >= 0.6 is 0 Å². The monoisotopic (exact) mass is 269 g/mol. The Hall–Kier alpha value is -0.610. The molecule has 1 aliphatic heterocycles. The van der Waals surface area contributed by atoms with Gasteiger partial charge in [-0.15, -0.1) is 0 Å². The van der Waals surface area contributed by atoms with Crippen LogP contribution in [0.2, 0.25) is 0 Å². The van der Waals surface area contributed by atoms with Crippen molar-refractivity contribution < 1.29 is 14.6 Å². The van der Waals surface area contributed by atoms with Crippen LogP contribution in [0.4, 0.5) is 0 Å². The fourth-order valence-corrected chi connectivity index (χ4v) is 3.73. The minimum absolute atomic E-state index is 0.132. The van der Waals surface area contributed by atoms with Crippen molar-refractivity contribution in [3.05, 3.63) is 0 Å². The number of aliphatic hydroxyl groups is 1. The van der Waals surface area contributed by atoms with Gasteiger partial charge in [-0.3, -0.25) is 9.69 Å². The Kier molecular flexibility index (Phi) is 5.22. The molecular formula is C15H27NO3. The molecule has 0 amide bonds. The van der Waals surface area contributed by atoms with E-state index < -0.39 is 0 Å². The van der Waals surface area contributed by atoms with Crippen LogP contribution in [0.15, 0.2) is 0 Å². The van der Waals surface area contributed by atoms with Gasteiger partial charge in [-0.2, -0.15) is 0 Å². The average Bonchev–Trinajstić information content (AvgIpc) is 2.80. The molecule has 4 atom stereocenters. The number of likely N-dealkylation sites (tertiary alicyclic amines) is 1. The van der Waals surface area contributed by atoms with E-state index in [4.69, 9.17) is 4.74 Å². The lowest BCUT2D eigenvalue weighted by molar-refractivity contribution is -0.145. The average molecular weight is 269 g/mol. The summed E-state index contributed by atoms with van der Waals surface area (Å²) < 4.78 is 5.04. The summed E-state index contributed by atoms with van der Waals surface area (Å²) in [5.74, 6) is 0.895. The second-order valence-electron chi connectivity index (χ2n) is 6.13. The van der Waals surface area contributed by atoms with E-state index in [1.165, 1.54) is 0 Å². The molecule has 4 nitrogen and oxygen atoms in total. The standard InChI is InChI=1S/C15H27NO3/c1-3-19-15(18)10-16-8-4-5-13(16)12-9-11(2)6-7-14(12)17/h11-14,17H,3-10H2,1-2H3/t11-,12+,13-,14+/m1/s1. The Labute approximate surface area is 116 Å². The summed E-state index contributed by atoms with van der Waals surface area (Å²) in [6.45, 7) is 5.90. The molecule has 0 aromatic carbocycles. The maximum atomic E-state index is 11.6. The first-order valence-corrected chi connectivity index (χ1v) is 7.69. The van der Waals surface area contributed by atoms with Gasteiger partial charge in [0, 0.05) is 12.0 Å². The Balaban J connectivity index is 1.95. The highest BCUT2D eigenvalue weighted by Gasteiger charge is 2.39. The highest BCUT2D eigenvalue weighted by atomic mass is 16.5. The van der Waals surface area contributed by atoms with Crippen molar-refractivity contribution in [2.75, 3.05) is 19.7 Å². The van der Waals surface area contributed by atoms with Crippen LogP contribution in [-0.4, -0.2) is 47.8 Å². The third kappa shape index (κ3) is 3.69. The Morgan fingerprint density at radius 1 is 1.37 bits per heavy atom. The lowest BCUT2D eigenvalue weighted by Gasteiger charge is -2.39. The summed E-state index contributed by atoms with van der Waals surface area (Å²) >= 11 is 0. The number of nitrogens with zero attached hydrogens (tertiary/aromatic N) is 1. The number of ether oxygens (including phenoxy) is 1. The molecule has 1 heterocycles. The fourth-order valence-electron chi connectivity index (χ4n) is 3.73. The van der Waals surface area contributed by atoms with Crippen LogP contribution in [-0.2, 0) is 9.53 Å². The van der Waals surface area contributed by atoms with Crippen LogP contribution in [0.1, 0.15) is 46.0 Å². The van der Waals surface area contributed by atoms with Crippen molar-refractivity contribution in [2.24, 2.45) is 11.8 Å². The minimum atomic E-state index is -0.191. The van der Waals surface area contributed by atoms with Gasteiger partial charge < -0.3 is 9.84 Å². The topological polar surface area (TPSA) is 49.8 Å². The van der Waals surface area contributed by atoms with Gasteiger partial charge in [-0.1, -0.05) is 6.92 Å². The van der Waals surface area contributed by atoms with E-state index in [2.05, 4.69) is 11.8 Å². The normalized spacial score (nSPS) is 36.4. The van der Waals surface area contributed by atoms with E-state index in [1.807, 2.05) is 6.92 Å². The van der Waals surface area contributed by atoms with Crippen molar-refractivity contribution >= 4 is 5.97 Å². The summed E-state index contributed by atoms with van der Waals surface area (Å²) in [7, 11) is 0. The summed E-state index contributed by atoms with van der Waals surface area (Å²) in [4.78, 5) is 13.9. The summed E-state index contributed by atoms with van der Waals surface area (Å²) in [5, 5.41) is 10.3. The SMILES string of the molecule is CCOC(=O)CN1CCC[C@@H]1[C@@H]1C[C@H](C)CC[C@@H]1O. The Morgan fingerprint density at radius 3 is 2.89 bits per heavy atom. The van der Waals surface area contributed by atoms with Gasteiger partial charge in [0.25, 0.3) is 0 Å². The van der Waals surface area contributed by atoms with E-state index >= 15 is 0 Å². The minimum Gasteiger partial charge on any atom is -0.465 e. The second kappa shape index (κ2) is 6.71. The number of carbonyl (C=O) groups excluding carboxylic acids is 1. The molecule has 1 aliphatic carbocycles. The Bertz CT molecular complexity index is 308. The lowest BCUT2D eigenvalue weighted by atomic mass is 9.76. The third-order valence-corrected chi connectivity index (χ3v) is 4.67. The summed E-state index contributed by atoms with van der Waals surface area (Å²) in [5.41, 5.74) is 0. The van der Waals surface area contributed by atoms with Gasteiger partial charge in [0.1, 0.15) is 0 Å². The maximum Gasteiger partial charge on any atom is 0.320 e. The summed E-state index contributed by atoms with van der Waals surface area (Å²) in [6.07, 6.45) is 5.17. The van der Waals surface area contributed by atoms with E-state index in [1.54, 1.807) is 0 Å². The Morgan fingerprint density at radius 2 is 2.16 bits per heavy atom. The molecular weight excluding hydrogens is 242 g/mol. The van der Waals surface area contributed by atoms with Gasteiger partial charge >= 0.3 is 5.97 Å². The molecule has 4 heteroatoms. The second-order valence-corrected chi connectivity index (χ2v) is 6.13. The zero-order chi connectivity index (χ0) is 13.8. The number of carbonyl (C=O) groups is 1. The molecule has 2 aliphatic rings. The van der Waals surface area contributed by atoms with E-state index in [0.717, 1.165) is 38.6 Å². The van der Waals surface area contributed by atoms with Crippen LogP contribution in [0.5, 0.6) is 0 Å². The molecule has 0 aromatic rings. The summed E-state index contributed by atoms with van der Waals surface area (Å²) in [6, 6.07) is 0.363. The van der Waals surface area contributed by atoms with Gasteiger partial charge in [-0.05, 0) is 51.5 Å². The smallest absolute Gasteiger partial charge is 0.320 e. The maximum absolute atomic E-state index is 11.6. The first-order chi connectivity index (χ1) is 9.11. The first-order valence-electron chi connectivity index (χ1n) is 7.69. The van der Waals surface area contributed by atoms with E-state index in [-0.39, 0.29) is 12.1 Å². The van der Waals surface area contributed by atoms with E-state index in [0.29, 0.717) is 31.0 Å². The molecule has 2 rings (SSSR count). The number of rotatable bonds is 4. The van der Waals surface area contributed by atoms with Gasteiger partial charge in [0.15, 0.2) is 0 Å².